The molecule has 0 aliphatic rings. The highest BCUT2D eigenvalue weighted by atomic mass is 79.9. The summed E-state index contributed by atoms with van der Waals surface area (Å²) in [5.74, 6) is 0.601. The van der Waals surface area contributed by atoms with Crippen LogP contribution >= 0.6 is 15.9 Å². The fourth-order valence-electron chi connectivity index (χ4n) is 1.13. The van der Waals surface area contributed by atoms with Gasteiger partial charge in [0.05, 0.1) is 16.7 Å². The molecule has 78 valence electrons. The van der Waals surface area contributed by atoms with Gasteiger partial charge in [-0.3, -0.25) is 4.68 Å². The maximum absolute atomic E-state index is 4.23. The molecule has 0 bridgehead atoms. The first kappa shape index (κ1) is 10.1. The second kappa shape index (κ2) is 4.39. The average Bonchev–Trinajstić information content (AvgIpc) is 2.64. The third-order valence-electron chi connectivity index (χ3n) is 1.82. The summed E-state index contributed by atoms with van der Waals surface area (Å²) in [5.41, 5.74) is 0.962. The number of hydrogen-bond acceptors (Lipinski definition) is 4. The Balaban J connectivity index is 1.96. The Hall–Kier alpha value is -1.43. The van der Waals surface area contributed by atoms with Crippen molar-refractivity contribution in [2.45, 2.75) is 6.54 Å². The van der Waals surface area contributed by atoms with Crippen molar-refractivity contribution in [2.24, 2.45) is 7.05 Å². The van der Waals surface area contributed by atoms with E-state index in [-0.39, 0.29) is 0 Å². The lowest BCUT2D eigenvalue weighted by Gasteiger charge is -2.01. The largest absolute Gasteiger partial charge is 0.348 e. The first-order valence-corrected chi connectivity index (χ1v) is 5.23. The summed E-state index contributed by atoms with van der Waals surface area (Å²) in [6.45, 7) is 0.627. The van der Waals surface area contributed by atoms with Crippen LogP contribution in [0.2, 0.25) is 0 Å². The summed E-state index contributed by atoms with van der Waals surface area (Å²) in [4.78, 5) is 8.19. The van der Waals surface area contributed by atoms with Gasteiger partial charge in [-0.1, -0.05) is 0 Å². The molecule has 2 rings (SSSR count). The second-order valence-corrected chi connectivity index (χ2v) is 3.97. The molecule has 0 fully saturated rings. The summed E-state index contributed by atoms with van der Waals surface area (Å²) in [5, 5.41) is 7.32. The topological polar surface area (TPSA) is 55.6 Å². The lowest BCUT2D eigenvalue weighted by molar-refractivity contribution is 0.746. The maximum atomic E-state index is 4.23. The number of rotatable bonds is 3. The number of aromatic nitrogens is 4. The molecule has 2 heterocycles. The maximum Gasteiger partial charge on any atom is 0.222 e. The molecular formula is C9H10BrN5. The van der Waals surface area contributed by atoms with Gasteiger partial charge in [-0.15, -0.1) is 0 Å². The van der Waals surface area contributed by atoms with Gasteiger partial charge in [0.25, 0.3) is 0 Å². The van der Waals surface area contributed by atoms with Crippen molar-refractivity contribution in [3.05, 3.63) is 34.8 Å². The smallest absolute Gasteiger partial charge is 0.222 e. The lowest BCUT2D eigenvalue weighted by atomic mass is 10.4. The van der Waals surface area contributed by atoms with Crippen molar-refractivity contribution in [1.29, 1.82) is 0 Å². The van der Waals surface area contributed by atoms with Crippen LogP contribution in [0, 0.1) is 0 Å². The Bertz CT molecular complexity index is 436. The molecule has 0 saturated carbocycles. The van der Waals surface area contributed by atoms with Gasteiger partial charge < -0.3 is 5.32 Å². The van der Waals surface area contributed by atoms with Crippen molar-refractivity contribution in [3.63, 3.8) is 0 Å². The number of hydrogen-bond donors (Lipinski definition) is 1. The van der Waals surface area contributed by atoms with Gasteiger partial charge in [0.2, 0.25) is 5.95 Å². The molecule has 2 aromatic rings. The lowest BCUT2D eigenvalue weighted by Crippen LogP contribution is -2.04. The summed E-state index contributed by atoms with van der Waals surface area (Å²) < 4.78 is 2.63. The van der Waals surface area contributed by atoms with E-state index < -0.39 is 0 Å². The van der Waals surface area contributed by atoms with Crippen molar-refractivity contribution >= 4 is 21.9 Å². The molecule has 2 aromatic heterocycles. The first-order valence-electron chi connectivity index (χ1n) is 4.44. The van der Waals surface area contributed by atoms with Crippen LogP contribution in [0.1, 0.15) is 5.69 Å². The van der Waals surface area contributed by atoms with Crippen LogP contribution in [0.4, 0.5) is 5.95 Å². The molecule has 0 spiro atoms. The zero-order valence-electron chi connectivity index (χ0n) is 8.18. The summed E-state index contributed by atoms with van der Waals surface area (Å²) in [6.07, 6.45) is 5.31. The van der Waals surface area contributed by atoms with E-state index in [0.717, 1.165) is 10.2 Å². The van der Waals surface area contributed by atoms with Gasteiger partial charge >= 0.3 is 0 Å². The van der Waals surface area contributed by atoms with E-state index in [9.17, 15) is 0 Å². The van der Waals surface area contributed by atoms with Crippen LogP contribution < -0.4 is 5.32 Å². The average molecular weight is 268 g/mol. The van der Waals surface area contributed by atoms with E-state index >= 15 is 0 Å². The van der Waals surface area contributed by atoms with Gasteiger partial charge in [0.1, 0.15) is 0 Å². The van der Waals surface area contributed by atoms with Crippen LogP contribution in [-0.4, -0.2) is 19.7 Å². The van der Waals surface area contributed by atoms with Crippen LogP contribution in [0.25, 0.3) is 0 Å². The predicted octanol–water partition coefficient (Wildman–Crippen LogP) is 1.58. The molecule has 0 unspecified atom stereocenters. The van der Waals surface area contributed by atoms with E-state index in [4.69, 9.17) is 0 Å². The Kier molecular flexibility index (Phi) is 2.96. The van der Waals surface area contributed by atoms with Gasteiger partial charge in [-0.25, -0.2) is 9.97 Å². The number of nitrogens with zero attached hydrogens (tertiary/aromatic N) is 4. The summed E-state index contributed by atoms with van der Waals surface area (Å²) in [7, 11) is 1.89. The zero-order chi connectivity index (χ0) is 10.7. The molecular weight excluding hydrogens is 258 g/mol. The van der Waals surface area contributed by atoms with Crippen LogP contribution in [0.5, 0.6) is 0 Å². The third kappa shape index (κ3) is 2.76. The molecule has 1 N–H and O–H groups in total. The fraction of sp³-hybridized carbons (Fsp3) is 0.222. The van der Waals surface area contributed by atoms with E-state index in [1.54, 1.807) is 17.1 Å². The van der Waals surface area contributed by atoms with E-state index in [2.05, 4.69) is 36.3 Å². The molecule has 0 radical (unpaired) electrons. The highest BCUT2D eigenvalue weighted by Gasteiger charge is 1.98. The van der Waals surface area contributed by atoms with Gasteiger partial charge in [0.15, 0.2) is 0 Å². The van der Waals surface area contributed by atoms with E-state index in [0.29, 0.717) is 12.5 Å². The van der Waals surface area contributed by atoms with Gasteiger partial charge in [0, 0.05) is 25.6 Å². The number of nitrogens with one attached hydrogen (secondary N) is 1. The minimum atomic E-state index is 0.601. The molecule has 0 aromatic carbocycles. The third-order valence-corrected chi connectivity index (χ3v) is 2.23. The standard InChI is InChI=1S/C9H10BrN5/c1-15-3-2-8(14-15)6-13-9-11-4-7(10)5-12-9/h2-5H,6H2,1H3,(H,11,12,13). The molecule has 6 heteroatoms. The van der Waals surface area contributed by atoms with E-state index in [1.807, 2.05) is 19.3 Å². The Morgan fingerprint density at radius 2 is 2.13 bits per heavy atom. The number of anilines is 1. The zero-order valence-corrected chi connectivity index (χ0v) is 9.77. The Morgan fingerprint density at radius 3 is 2.73 bits per heavy atom. The Labute approximate surface area is 95.7 Å². The fourth-order valence-corrected chi connectivity index (χ4v) is 1.34. The summed E-state index contributed by atoms with van der Waals surface area (Å²) in [6, 6.07) is 1.95. The molecule has 0 aliphatic heterocycles. The highest BCUT2D eigenvalue weighted by Crippen LogP contribution is 2.07. The van der Waals surface area contributed by atoms with Crippen LogP contribution in [0.3, 0.4) is 0 Å². The molecule has 0 saturated heterocycles. The first-order chi connectivity index (χ1) is 7.24. The molecule has 5 nitrogen and oxygen atoms in total. The molecule has 0 atom stereocenters. The molecule has 15 heavy (non-hydrogen) atoms. The molecule has 0 aliphatic carbocycles. The second-order valence-electron chi connectivity index (χ2n) is 3.06. The monoisotopic (exact) mass is 267 g/mol. The van der Waals surface area contributed by atoms with Crippen LogP contribution in [0.15, 0.2) is 29.1 Å². The van der Waals surface area contributed by atoms with Crippen molar-refractivity contribution in [2.75, 3.05) is 5.32 Å². The van der Waals surface area contributed by atoms with Gasteiger partial charge in [-0.2, -0.15) is 5.10 Å². The number of aryl methyl sites for hydroxylation is 1. The minimum Gasteiger partial charge on any atom is -0.348 e. The number of halogens is 1. The van der Waals surface area contributed by atoms with Crippen molar-refractivity contribution in [3.8, 4) is 0 Å². The van der Waals surface area contributed by atoms with Crippen LogP contribution in [-0.2, 0) is 13.6 Å². The normalized spacial score (nSPS) is 10.3. The van der Waals surface area contributed by atoms with Gasteiger partial charge in [-0.05, 0) is 22.0 Å². The Morgan fingerprint density at radius 1 is 1.40 bits per heavy atom. The highest BCUT2D eigenvalue weighted by molar-refractivity contribution is 9.10. The predicted molar refractivity (Wildman–Crippen MR) is 60.3 cm³/mol. The minimum absolute atomic E-state index is 0.601. The van der Waals surface area contributed by atoms with E-state index in [1.165, 1.54) is 0 Å². The molecule has 0 amide bonds. The SMILES string of the molecule is Cn1ccc(CNc2ncc(Br)cn2)n1. The van der Waals surface area contributed by atoms with Crippen molar-refractivity contribution < 1.29 is 0 Å². The van der Waals surface area contributed by atoms with Crippen molar-refractivity contribution in [1.82, 2.24) is 19.7 Å². The summed E-state index contributed by atoms with van der Waals surface area (Å²) >= 11 is 3.28. The quantitative estimate of drug-likeness (QED) is 0.918.